The monoisotopic (exact) mass is 301 g/mol. The first-order valence-corrected chi connectivity index (χ1v) is 9.96. The molecule has 1 N–H and O–H groups in total. The summed E-state index contributed by atoms with van der Waals surface area (Å²) in [4.78, 5) is 0. The Balaban J connectivity index is 1.56. The molecule has 3 fully saturated rings. The van der Waals surface area contributed by atoms with E-state index in [-0.39, 0.29) is 0 Å². The lowest BCUT2D eigenvalue weighted by molar-refractivity contribution is 0.0553. The molecular formula is C15H27NO3S. The summed E-state index contributed by atoms with van der Waals surface area (Å²) in [7, 11) is -2.76. The fourth-order valence-electron chi connectivity index (χ4n) is 3.65. The highest BCUT2D eigenvalue weighted by Crippen LogP contribution is 2.33. The summed E-state index contributed by atoms with van der Waals surface area (Å²) in [6.07, 6.45) is 6.96. The molecule has 0 aromatic rings. The normalized spacial score (nSPS) is 32.3. The van der Waals surface area contributed by atoms with Crippen LogP contribution in [-0.2, 0) is 14.6 Å². The lowest BCUT2D eigenvalue weighted by Gasteiger charge is -2.30. The molecule has 4 nitrogen and oxygen atoms in total. The van der Waals surface area contributed by atoms with E-state index in [1.54, 1.807) is 0 Å². The summed E-state index contributed by atoms with van der Waals surface area (Å²) in [5, 5.41) is 3.62. The molecule has 0 amide bonds. The largest absolute Gasteiger partial charge is 0.381 e. The highest BCUT2D eigenvalue weighted by Gasteiger charge is 2.35. The van der Waals surface area contributed by atoms with Gasteiger partial charge < -0.3 is 10.1 Å². The quantitative estimate of drug-likeness (QED) is 0.810. The van der Waals surface area contributed by atoms with Crippen molar-refractivity contribution in [3.05, 3.63) is 0 Å². The Bertz CT molecular complexity index is 413. The number of sulfone groups is 1. The van der Waals surface area contributed by atoms with Crippen LogP contribution in [0, 0.1) is 17.8 Å². The molecule has 0 bridgehead atoms. The van der Waals surface area contributed by atoms with E-state index in [1.807, 2.05) is 0 Å². The van der Waals surface area contributed by atoms with Crippen LogP contribution in [0.1, 0.15) is 38.5 Å². The van der Waals surface area contributed by atoms with E-state index in [0.717, 1.165) is 44.9 Å². The zero-order valence-electron chi connectivity index (χ0n) is 12.2. The Hall–Kier alpha value is -0.130. The lowest BCUT2D eigenvalue weighted by Crippen LogP contribution is -2.33. The first kappa shape index (κ1) is 14.8. The van der Waals surface area contributed by atoms with Gasteiger partial charge in [0.1, 0.15) is 0 Å². The zero-order chi connectivity index (χ0) is 14.0. The van der Waals surface area contributed by atoms with Gasteiger partial charge in [-0.3, -0.25) is 0 Å². The van der Waals surface area contributed by atoms with Crippen molar-refractivity contribution in [2.45, 2.75) is 44.6 Å². The Morgan fingerprint density at radius 3 is 2.45 bits per heavy atom. The van der Waals surface area contributed by atoms with Crippen LogP contribution in [0.5, 0.6) is 0 Å². The van der Waals surface area contributed by atoms with Crippen molar-refractivity contribution < 1.29 is 13.2 Å². The molecule has 0 aromatic carbocycles. The SMILES string of the molecule is O=S1(=O)CCC(C(CNC2CC2)CC2CCOCC2)C1. The van der Waals surface area contributed by atoms with Crippen molar-refractivity contribution in [1.29, 1.82) is 0 Å². The maximum absolute atomic E-state index is 11.7. The van der Waals surface area contributed by atoms with Gasteiger partial charge in [-0.05, 0) is 62.8 Å². The zero-order valence-corrected chi connectivity index (χ0v) is 13.0. The third-order valence-corrected chi connectivity index (χ3v) is 6.95. The van der Waals surface area contributed by atoms with Crippen LogP contribution in [-0.4, -0.2) is 45.7 Å². The summed E-state index contributed by atoms with van der Waals surface area (Å²) in [6.45, 7) is 2.79. The third-order valence-electron chi connectivity index (χ3n) is 5.16. The molecular weight excluding hydrogens is 274 g/mol. The maximum atomic E-state index is 11.7. The van der Waals surface area contributed by atoms with E-state index in [2.05, 4.69) is 5.32 Å². The standard InChI is InChI=1S/C15H27NO3S/c17-20(18)8-5-13(11-20)14(10-16-15-1-2-15)9-12-3-6-19-7-4-12/h12-16H,1-11H2. The van der Waals surface area contributed by atoms with Gasteiger partial charge in [-0.15, -0.1) is 0 Å². The molecule has 5 heteroatoms. The molecule has 116 valence electrons. The lowest BCUT2D eigenvalue weighted by atomic mass is 9.81. The van der Waals surface area contributed by atoms with E-state index in [4.69, 9.17) is 4.74 Å². The Morgan fingerprint density at radius 1 is 1.10 bits per heavy atom. The summed E-state index contributed by atoms with van der Waals surface area (Å²) < 4.78 is 28.9. The second-order valence-corrected chi connectivity index (χ2v) is 9.13. The van der Waals surface area contributed by atoms with Crippen molar-refractivity contribution >= 4 is 9.84 Å². The average Bonchev–Trinajstić information content (AvgIpc) is 3.19. The van der Waals surface area contributed by atoms with Crippen LogP contribution in [0.2, 0.25) is 0 Å². The van der Waals surface area contributed by atoms with E-state index in [0.29, 0.717) is 29.4 Å². The van der Waals surface area contributed by atoms with E-state index >= 15 is 0 Å². The summed E-state index contributed by atoms with van der Waals surface area (Å²) >= 11 is 0. The fourth-order valence-corrected chi connectivity index (χ4v) is 5.57. The van der Waals surface area contributed by atoms with Crippen LogP contribution in [0.15, 0.2) is 0 Å². The van der Waals surface area contributed by atoms with Crippen LogP contribution in [0.4, 0.5) is 0 Å². The summed E-state index contributed by atoms with van der Waals surface area (Å²) in [5.41, 5.74) is 0. The first-order valence-electron chi connectivity index (χ1n) is 8.14. The first-order chi connectivity index (χ1) is 9.62. The Labute approximate surface area is 122 Å². The van der Waals surface area contributed by atoms with Gasteiger partial charge in [-0.2, -0.15) is 0 Å². The van der Waals surface area contributed by atoms with Crippen molar-refractivity contribution in [2.75, 3.05) is 31.3 Å². The molecule has 0 spiro atoms. The van der Waals surface area contributed by atoms with Crippen molar-refractivity contribution in [3.8, 4) is 0 Å². The Morgan fingerprint density at radius 2 is 1.85 bits per heavy atom. The van der Waals surface area contributed by atoms with Crippen molar-refractivity contribution in [2.24, 2.45) is 17.8 Å². The molecule has 2 aliphatic heterocycles. The molecule has 0 radical (unpaired) electrons. The molecule has 3 rings (SSSR count). The van der Waals surface area contributed by atoms with Gasteiger partial charge in [0.05, 0.1) is 11.5 Å². The molecule has 2 unspecified atom stereocenters. The van der Waals surface area contributed by atoms with Gasteiger partial charge in [0.25, 0.3) is 0 Å². The molecule has 2 saturated heterocycles. The molecule has 0 aromatic heterocycles. The van der Waals surface area contributed by atoms with Crippen LogP contribution in [0.25, 0.3) is 0 Å². The van der Waals surface area contributed by atoms with E-state index in [9.17, 15) is 8.42 Å². The predicted octanol–water partition coefficient (Wildman–Crippen LogP) is 1.61. The van der Waals surface area contributed by atoms with Gasteiger partial charge in [-0.25, -0.2) is 8.42 Å². The number of hydrogen-bond acceptors (Lipinski definition) is 4. The van der Waals surface area contributed by atoms with Crippen molar-refractivity contribution in [3.63, 3.8) is 0 Å². The van der Waals surface area contributed by atoms with Crippen LogP contribution < -0.4 is 5.32 Å². The van der Waals surface area contributed by atoms with Gasteiger partial charge >= 0.3 is 0 Å². The van der Waals surface area contributed by atoms with Gasteiger partial charge in [0.2, 0.25) is 0 Å². The minimum atomic E-state index is -2.76. The second-order valence-electron chi connectivity index (χ2n) is 6.90. The fraction of sp³-hybridized carbons (Fsp3) is 1.00. The van der Waals surface area contributed by atoms with Gasteiger partial charge in [-0.1, -0.05) is 0 Å². The second kappa shape index (κ2) is 6.32. The van der Waals surface area contributed by atoms with E-state index < -0.39 is 9.84 Å². The highest BCUT2D eigenvalue weighted by molar-refractivity contribution is 7.91. The minimum absolute atomic E-state index is 0.383. The molecule has 2 heterocycles. The number of nitrogens with one attached hydrogen (secondary N) is 1. The molecule has 1 aliphatic carbocycles. The smallest absolute Gasteiger partial charge is 0.150 e. The molecule has 2 atom stereocenters. The van der Waals surface area contributed by atoms with Crippen molar-refractivity contribution in [1.82, 2.24) is 5.32 Å². The summed E-state index contributed by atoms with van der Waals surface area (Å²) in [6, 6.07) is 0.713. The van der Waals surface area contributed by atoms with Gasteiger partial charge in [0.15, 0.2) is 9.84 Å². The number of rotatable bonds is 6. The Kier molecular flexibility index (Phi) is 4.68. The summed E-state index contributed by atoms with van der Waals surface area (Å²) in [5.74, 6) is 2.49. The maximum Gasteiger partial charge on any atom is 0.150 e. The topological polar surface area (TPSA) is 55.4 Å². The molecule has 3 aliphatic rings. The van der Waals surface area contributed by atoms with E-state index in [1.165, 1.54) is 19.3 Å². The van der Waals surface area contributed by atoms with Gasteiger partial charge in [0, 0.05) is 19.3 Å². The van der Waals surface area contributed by atoms with Crippen LogP contribution in [0.3, 0.4) is 0 Å². The minimum Gasteiger partial charge on any atom is -0.381 e. The highest BCUT2D eigenvalue weighted by atomic mass is 32.2. The third kappa shape index (κ3) is 4.18. The number of hydrogen-bond donors (Lipinski definition) is 1. The van der Waals surface area contributed by atoms with Crippen LogP contribution >= 0.6 is 0 Å². The molecule has 20 heavy (non-hydrogen) atoms. The number of ether oxygens (including phenoxy) is 1. The average molecular weight is 301 g/mol. The predicted molar refractivity (Wildman–Crippen MR) is 79.4 cm³/mol. The molecule has 1 saturated carbocycles.